The molecule has 2 aromatic rings. The summed E-state index contributed by atoms with van der Waals surface area (Å²) in [5.74, 6) is 0.398. The minimum Gasteiger partial charge on any atom is -0.316 e. The van der Waals surface area contributed by atoms with E-state index in [1.165, 1.54) is 16.7 Å². The molecule has 0 bridgehead atoms. The predicted octanol–water partition coefficient (Wildman–Crippen LogP) is 3.58. The standard InChI is InChI=1S/C15H20ClN3/c1-10(2)15-14(9-19(4)18-15)13-6-5-12(16)7-11(13)8-17-3/h5-7,9-10,17H,8H2,1-4H3. The lowest BCUT2D eigenvalue weighted by Gasteiger charge is -2.11. The molecule has 0 spiro atoms. The highest BCUT2D eigenvalue weighted by molar-refractivity contribution is 6.30. The molecule has 0 saturated heterocycles. The molecule has 0 unspecified atom stereocenters. The minimum absolute atomic E-state index is 0.398. The average Bonchev–Trinajstić information content (AvgIpc) is 2.72. The molecule has 0 aliphatic rings. The van der Waals surface area contributed by atoms with E-state index in [4.69, 9.17) is 11.6 Å². The van der Waals surface area contributed by atoms with E-state index in [0.29, 0.717) is 5.92 Å². The third-order valence-corrected chi connectivity index (χ3v) is 3.36. The van der Waals surface area contributed by atoms with Crippen molar-refractivity contribution in [1.82, 2.24) is 15.1 Å². The number of halogens is 1. The number of aryl methyl sites for hydroxylation is 1. The molecule has 0 radical (unpaired) electrons. The van der Waals surface area contributed by atoms with E-state index < -0.39 is 0 Å². The summed E-state index contributed by atoms with van der Waals surface area (Å²) in [5.41, 5.74) is 4.72. The van der Waals surface area contributed by atoms with Gasteiger partial charge in [-0.05, 0) is 36.2 Å². The van der Waals surface area contributed by atoms with E-state index in [1.807, 2.05) is 30.9 Å². The van der Waals surface area contributed by atoms with E-state index in [1.54, 1.807) is 0 Å². The molecule has 0 amide bonds. The van der Waals surface area contributed by atoms with Gasteiger partial charge in [0.15, 0.2) is 0 Å². The first-order chi connectivity index (χ1) is 9.02. The van der Waals surface area contributed by atoms with Gasteiger partial charge in [-0.25, -0.2) is 0 Å². The van der Waals surface area contributed by atoms with Crippen molar-refractivity contribution in [2.75, 3.05) is 7.05 Å². The molecular weight excluding hydrogens is 258 g/mol. The number of rotatable bonds is 4. The Morgan fingerprint density at radius 1 is 1.32 bits per heavy atom. The number of benzene rings is 1. The summed E-state index contributed by atoms with van der Waals surface area (Å²) < 4.78 is 1.88. The first kappa shape index (κ1) is 14.1. The predicted molar refractivity (Wildman–Crippen MR) is 80.5 cm³/mol. The maximum atomic E-state index is 6.10. The normalized spacial score (nSPS) is 11.3. The Kier molecular flexibility index (Phi) is 4.27. The molecule has 1 aromatic heterocycles. The zero-order chi connectivity index (χ0) is 14.0. The Morgan fingerprint density at radius 2 is 2.05 bits per heavy atom. The summed E-state index contributed by atoms with van der Waals surface area (Å²) in [6, 6.07) is 6.04. The van der Waals surface area contributed by atoms with Crippen LogP contribution in [-0.4, -0.2) is 16.8 Å². The third-order valence-electron chi connectivity index (χ3n) is 3.13. The molecule has 4 heteroatoms. The maximum Gasteiger partial charge on any atom is 0.0728 e. The van der Waals surface area contributed by atoms with Gasteiger partial charge in [0.05, 0.1) is 5.69 Å². The van der Waals surface area contributed by atoms with Gasteiger partial charge in [0.1, 0.15) is 0 Å². The van der Waals surface area contributed by atoms with Gasteiger partial charge in [-0.15, -0.1) is 0 Å². The summed E-state index contributed by atoms with van der Waals surface area (Å²) >= 11 is 6.10. The highest BCUT2D eigenvalue weighted by Gasteiger charge is 2.15. The number of nitrogens with zero attached hydrogens (tertiary/aromatic N) is 2. The van der Waals surface area contributed by atoms with Crippen molar-refractivity contribution in [1.29, 1.82) is 0 Å². The van der Waals surface area contributed by atoms with Crippen LogP contribution in [0.1, 0.15) is 31.0 Å². The number of hydrogen-bond donors (Lipinski definition) is 1. The lowest BCUT2D eigenvalue weighted by atomic mass is 9.96. The van der Waals surface area contributed by atoms with Gasteiger partial charge in [0.2, 0.25) is 0 Å². The van der Waals surface area contributed by atoms with Gasteiger partial charge < -0.3 is 5.32 Å². The van der Waals surface area contributed by atoms with Gasteiger partial charge >= 0.3 is 0 Å². The lowest BCUT2D eigenvalue weighted by molar-refractivity contribution is 0.713. The van der Waals surface area contributed by atoms with Crippen LogP contribution in [-0.2, 0) is 13.6 Å². The van der Waals surface area contributed by atoms with Crippen LogP contribution >= 0.6 is 11.6 Å². The molecule has 19 heavy (non-hydrogen) atoms. The molecule has 2 rings (SSSR count). The Bertz CT molecular complexity index is 573. The van der Waals surface area contributed by atoms with E-state index in [-0.39, 0.29) is 0 Å². The van der Waals surface area contributed by atoms with E-state index in [9.17, 15) is 0 Å². The molecule has 0 atom stereocenters. The minimum atomic E-state index is 0.398. The fourth-order valence-electron chi connectivity index (χ4n) is 2.30. The van der Waals surface area contributed by atoms with E-state index in [2.05, 4.69) is 36.5 Å². The topological polar surface area (TPSA) is 29.9 Å². The molecule has 0 fully saturated rings. The Labute approximate surface area is 119 Å². The molecule has 1 aromatic carbocycles. The molecular formula is C15H20ClN3. The molecule has 0 saturated carbocycles. The van der Waals surface area contributed by atoms with Gasteiger partial charge in [-0.1, -0.05) is 31.5 Å². The van der Waals surface area contributed by atoms with Gasteiger partial charge in [-0.2, -0.15) is 5.10 Å². The van der Waals surface area contributed by atoms with E-state index >= 15 is 0 Å². The van der Waals surface area contributed by atoms with Crippen molar-refractivity contribution in [2.24, 2.45) is 7.05 Å². The van der Waals surface area contributed by atoms with Crippen molar-refractivity contribution < 1.29 is 0 Å². The third kappa shape index (κ3) is 2.99. The van der Waals surface area contributed by atoms with Crippen LogP contribution < -0.4 is 5.32 Å². The summed E-state index contributed by atoms with van der Waals surface area (Å²) in [7, 11) is 3.90. The van der Waals surface area contributed by atoms with Gasteiger partial charge in [-0.3, -0.25) is 4.68 Å². The SMILES string of the molecule is CNCc1cc(Cl)ccc1-c1cn(C)nc1C(C)C. The molecule has 0 aliphatic carbocycles. The average molecular weight is 278 g/mol. The molecule has 0 aliphatic heterocycles. The second-order valence-electron chi connectivity index (χ2n) is 5.09. The van der Waals surface area contributed by atoms with Crippen molar-refractivity contribution in [3.05, 3.63) is 40.7 Å². The Morgan fingerprint density at radius 3 is 2.68 bits per heavy atom. The Hall–Kier alpha value is -1.32. The maximum absolute atomic E-state index is 6.10. The monoisotopic (exact) mass is 277 g/mol. The molecule has 102 valence electrons. The van der Waals surface area contributed by atoms with Crippen LogP contribution in [0.4, 0.5) is 0 Å². The molecule has 1 N–H and O–H groups in total. The van der Waals surface area contributed by atoms with Crippen molar-refractivity contribution in [3.8, 4) is 11.1 Å². The molecule has 1 heterocycles. The highest BCUT2D eigenvalue weighted by atomic mass is 35.5. The summed E-state index contributed by atoms with van der Waals surface area (Å²) in [5, 5.41) is 8.53. The second-order valence-corrected chi connectivity index (χ2v) is 5.52. The van der Waals surface area contributed by atoms with Crippen LogP contribution in [0.15, 0.2) is 24.4 Å². The quantitative estimate of drug-likeness (QED) is 0.926. The first-order valence-corrected chi connectivity index (χ1v) is 6.87. The highest BCUT2D eigenvalue weighted by Crippen LogP contribution is 2.32. The van der Waals surface area contributed by atoms with Crippen molar-refractivity contribution in [2.45, 2.75) is 26.3 Å². The summed E-state index contributed by atoms with van der Waals surface area (Å²) in [6.45, 7) is 5.13. The molecule has 3 nitrogen and oxygen atoms in total. The smallest absolute Gasteiger partial charge is 0.0728 e. The Balaban J connectivity index is 2.58. The second kappa shape index (κ2) is 5.76. The van der Waals surface area contributed by atoms with Crippen molar-refractivity contribution >= 4 is 11.6 Å². The fraction of sp³-hybridized carbons (Fsp3) is 0.400. The van der Waals surface area contributed by atoms with Crippen molar-refractivity contribution in [3.63, 3.8) is 0 Å². The van der Waals surface area contributed by atoms with Crippen LogP contribution in [0.2, 0.25) is 5.02 Å². The largest absolute Gasteiger partial charge is 0.316 e. The van der Waals surface area contributed by atoms with Crippen LogP contribution in [0, 0.1) is 0 Å². The zero-order valence-corrected chi connectivity index (χ0v) is 12.6. The summed E-state index contributed by atoms with van der Waals surface area (Å²) in [4.78, 5) is 0. The van der Waals surface area contributed by atoms with Crippen LogP contribution in [0.3, 0.4) is 0 Å². The van der Waals surface area contributed by atoms with Gasteiger partial charge in [0.25, 0.3) is 0 Å². The number of nitrogens with one attached hydrogen (secondary N) is 1. The number of aromatic nitrogens is 2. The zero-order valence-electron chi connectivity index (χ0n) is 11.9. The van der Waals surface area contributed by atoms with E-state index in [0.717, 1.165) is 17.3 Å². The lowest BCUT2D eigenvalue weighted by Crippen LogP contribution is -2.06. The first-order valence-electron chi connectivity index (χ1n) is 6.50. The van der Waals surface area contributed by atoms with Gasteiger partial charge in [0, 0.05) is 30.4 Å². The van der Waals surface area contributed by atoms with Crippen LogP contribution in [0.25, 0.3) is 11.1 Å². The fourth-order valence-corrected chi connectivity index (χ4v) is 2.50. The number of hydrogen-bond acceptors (Lipinski definition) is 2. The summed E-state index contributed by atoms with van der Waals surface area (Å²) in [6.07, 6.45) is 2.08. The van der Waals surface area contributed by atoms with Crippen LogP contribution in [0.5, 0.6) is 0 Å².